The highest BCUT2D eigenvalue weighted by atomic mass is 35.5. The summed E-state index contributed by atoms with van der Waals surface area (Å²) >= 11 is 24.3. The van der Waals surface area contributed by atoms with Crippen LogP contribution in [0.15, 0.2) is 18.2 Å². The Morgan fingerprint density at radius 1 is 0.900 bits per heavy atom. The van der Waals surface area contributed by atoms with Crippen LogP contribution in [-0.4, -0.2) is 49.2 Å². The number of morpholine rings is 1. The van der Waals surface area contributed by atoms with Gasteiger partial charge in [-0.15, -0.1) is 0 Å². The zero-order valence-corrected chi connectivity index (χ0v) is 18.1. The van der Waals surface area contributed by atoms with Gasteiger partial charge in [-0.05, 0) is 18.2 Å². The fourth-order valence-electron chi connectivity index (χ4n) is 3.50. The van der Waals surface area contributed by atoms with Gasteiger partial charge < -0.3 is 14.7 Å². The zero-order valence-electron chi connectivity index (χ0n) is 15.0. The summed E-state index contributed by atoms with van der Waals surface area (Å²) in [5, 5.41) is 9.05. The molecule has 4 rings (SSSR count). The van der Waals surface area contributed by atoms with Gasteiger partial charge in [-0.3, -0.25) is 9.59 Å². The molecule has 0 spiro atoms. The van der Waals surface area contributed by atoms with Crippen molar-refractivity contribution in [2.75, 3.05) is 36.1 Å². The molecule has 0 radical (unpaired) electrons. The fourth-order valence-corrected chi connectivity index (χ4v) is 4.51. The summed E-state index contributed by atoms with van der Waals surface area (Å²) in [6, 6.07) is 4.31. The second-order valence-electron chi connectivity index (χ2n) is 6.56. The molecule has 2 heterocycles. The van der Waals surface area contributed by atoms with Crippen LogP contribution in [0.1, 0.15) is 31.1 Å². The van der Waals surface area contributed by atoms with E-state index in [1.165, 1.54) is 12.1 Å². The molecule has 1 saturated heterocycles. The summed E-state index contributed by atoms with van der Waals surface area (Å²) in [5.41, 5.74) is 0.132. The van der Waals surface area contributed by atoms with Gasteiger partial charge in [0.2, 0.25) is 0 Å². The van der Waals surface area contributed by atoms with Crippen LogP contribution < -0.4 is 9.80 Å². The Balaban J connectivity index is 1.81. The number of carbonyl (C=O) groups is 3. The van der Waals surface area contributed by atoms with Crippen molar-refractivity contribution in [1.29, 1.82) is 0 Å². The first-order valence-electron chi connectivity index (χ1n) is 8.68. The molecule has 0 bridgehead atoms. The quantitative estimate of drug-likeness (QED) is 0.384. The number of amides is 2. The van der Waals surface area contributed by atoms with Gasteiger partial charge in [0.1, 0.15) is 0 Å². The van der Waals surface area contributed by atoms with Crippen LogP contribution >= 0.6 is 46.4 Å². The molecule has 2 aromatic rings. The van der Waals surface area contributed by atoms with Gasteiger partial charge in [0.15, 0.2) is 0 Å². The highest BCUT2D eigenvalue weighted by Crippen LogP contribution is 2.46. The molecular formula is C19H12Cl4N2O5. The first kappa shape index (κ1) is 21.2. The number of hydrogen-bond donors (Lipinski definition) is 1. The standard InChI is InChI=1S/C19H12Cl4N2O5/c20-13-11-12(14(21)16(23)15(13)22)18(27)25(17(11)26)8-1-2-10(9(7-8)19(28)29)24-3-5-30-6-4-24/h1-2,7H,3-6H2,(H,28,29). The van der Waals surface area contributed by atoms with Crippen molar-refractivity contribution in [1.82, 2.24) is 0 Å². The summed E-state index contributed by atoms with van der Waals surface area (Å²) < 4.78 is 5.30. The summed E-state index contributed by atoms with van der Waals surface area (Å²) in [4.78, 5) is 40.6. The Hall–Kier alpha value is -2.03. The minimum Gasteiger partial charge on any atom is -0.478 e. The summed E-state index contributed by atoms with van der Waals surface area (Å²) in [5.74, 6) is -2.73. The third-order valence-electron chi connectivity index (χ3n) is 4.92. The predicted octanol–water partition coefficient (Wildman–Crippen LogP) is 4.64. The van der Waals surface area contributed by atoms with E-state index in [-0.39, 0.29) is 42.5 Å². The van der Waals surface area contributed by atoms with E-state index in [0.29, 0.717) is 32.0 Å². The van der Waals surface area contributed by atoms with Crippen molar-refractivity contribution in [3.8, 4) is 0 Å². The van der Waals surface area contributed by atoms with Crippen LogP contribution in [0, 0.1) is 0 Å². The molecule has 156 valence electrons. The van der Waals surface area contributed by atoms with Gasteiger partial charge in [-0.2, -0.15) is 0 Å². The third kappa shape index (κ3) is 3.21. The number of benzene rings is 2. The van der Waals surface area contributed by atoms with Gasteiger partial charge in [0.25, 0.3) is 11.8 Å². The van der Waals surface area contributed by atoms with Crippen molar-refractivity contribution in [3.63, 3.8) is 0 Å². The topological polar surface area (TPSA) is 87.2 Å². The number of carboxylic acids is 1. The smallest absolute Gasteiger partial charge is 0.337 e. The van der Waals surface area contributed by atoms with Crippen LogP contribution in [0.2, 0.25) is 20.1 Å². The summed E-state index contributed by atoms with van der Waals surface area (Å²) in [6.45, 7) is 1.99. The first-order valence-corrected chi connectivity index (χ1v) is 10.2. The molecule has 11 heteroatoms. The fraction of sp³-hybridized carbons (Fsp3) is 0.211. The number of fused-ring (bicyclic) bond motifs is 1. The highest BCUT2D eigenvalue weighted by Gasteiger charge is 2.42. The zero-order chi connectivity index (χ0) is 21.7. The van der Waals surface area contributed by atoms with Crippen molar-refractivity contribution < 1.29 is 24.2 Å². The van der Waals surface area contributed by atoms with Crippen molar-refractivity contribution in [3.05, 3.63) is 55.0 Å². The maximum absolute atomic E-state index is 13.0. The number of hydrogen-bond acceptors (Lipinski definition) is 5. The largest absolute Gasteiger partial charge is 0.478 e. The van der Waals surface area contributed by atoms with E-state index < -0.39 is 17.8 Å². The molecule has 0 unspecified atom stereocenters. The van der Waals surface area contributed by atoms with Crippen LogP contribution in [-0.2, 0) is 4.74 Å². The minimum absolute atomic E-state index is 0.0563. The Morgan fingerprint density at radius 3 is 1.93 bits per heavy atom. The lowest BCUT2D eigenvalue weighted by Crippen LogP contribution is -2.37. The molecule has 0 aromatic heterocycles. The molecule has 1 fully saturated rings. The van der Waals surface area contributed by atoms with E-state index in [4.69, 9.17) is 51.1 Å². The van der Waals surface area contributed by atoms with E-state index in [9.17, 15) is 19.5 Å². The van der Waals surface area contributed by atoms with Gasteiger partial charge in [-0.1, -0.05) is 46.4 Å². The highest BCUT2D eigenvalue weighted by molar-refractivity contribution is 6.56. The van der Waals surface area contributed by atoms with Crippen molar-refractivity contribution in [2.45, 2.75) is 0 Å². The first-order chi connectivity index (χ1) is 14.2. The van der Waals surface area contributed by atoms with Gasteiger partial charge in [0.05, 0.1) is 61.4 Å². The molecule has 1 N–H and O–H groups in total. The number of aromatic carboxylic acids is 1. The van der Waals surface area contributed by atoms with Gasteiger partial charge in [-0.25, -0.2) is 9.69 Å². The Bertz CT molecular complexity index is 1070. The van der Waals surface area contributed by atoms with Gasteiger partial charge in [0, 0.05) is 13.1 Å². The van der Waals surface area contributed by atoms with E-state index in [0.717, 1.165) is 4.90 Å². The predicted molar refractivity (Wildman–Crippen MR) is 114 cm³/mol. The molecule has 0 saturated carbocycles. The molecule has 0 atom stereocenters. The minimum atomic E-state index is -1.20. The molecule has 2 amide bonds. The number of carboxylic acid groups (broad SMARTS) is 1. The lowest BCUT2D eigenvalue weighted by Gasteiger charge is -2.30. The molecular weight excluding hydrogens is 478 g/mol. The van der Waals surface area contributed by atoms with Crippen LogP contribution in [0.4, 0.5) is 11.4 Å². The lowest BCUT2D eigenvalue weighted by molar-refractivity contribution is 0.0695. The van der Waals surface area contributed by atoms with Crippen LogP contribution in [0.5, 0.6) is 0 Å². The third-order valence-corrected chi connectivity index (χ3v) is 6.72. The van der Waals surface area contributed by atoms with E-state index in [2.05, 4.69) is 0 Å². The summed E-state index contributed by atoms with van der Waals surface area (Å²) in [6.07, 6.45) is 0. The second kappa shape index (κ2) is 7.90. The monoisotopic (exact) mass is 488 g/mol. The number of halogens is 4. The molecule has 7 nitrogen and oxygen atoms in total. The molecule has 30 heavy (non-hydrogen) atoms. The van der Waals surface area contributed by atoms with E-state index in [1.807, 2.05) is 4.90 Å². The Labute approximate surface area is 190 Å². The SMILES string of the molecule is O=C(O)c1cc(N2C(=O)c3c(Cl)c(Cl)c(Cl)c(Cl)c3C2=O)ccc1N1CCOCC1. The number of rotatable bonds is 3. The maximum atomic E-state index is 13.0. The van der Waals surface area contributed by atoms with Crippen LogP contribution in [0.25, 0.3) is 0 Å². The number of imide groups is 1. The molecule has 2 aliphatic rings. The number of ether oxygens (including phenoxy) is 1. The second-order valence-corrected chi connectivity index (χ2v) is 8.07. The van der Waals surface area contributed by atoms with Crippen molar-refractivity contribution in [2.24, 2.45) is 0 Å². The lowest BCUT2D eigenvalue weighted by atomic mass is 10.1. The average Bonchev–Trinajstić information content (AvgIpc) is 3.01. The average molecular weight is 490 g/mol. The number of nitrogens with zero attached hydrogens (tertiary/aromatic N) is 2. The normalized spacial score (nSPS) is 16.3. The Morgan fingerprint density at radius 2 is 1.43 bits per heavy atom. The van der Waals surface area contributed by atoms with E-state index >= 15 is 0 Å². The van der Waals surface area contributed by atoms with Crippen LogP contribution in [0.3, 0.4) is 0 Å². The van der Waals surface area contributed by atoms with Crippen molar-refractivity contribution >= 4 is 75.6 Å². The number of carbonyl (C=O) groups excluding carboxylic acids is 2. The number of anilines is 2. The Kier molecular flexibility index (Phi) is 5.59. The molecule has 2 aromatic carbocycles. The molecule has 2 aliphatic heterocycles. The maximum Gasteiger partial charge on any atom is 0.337 e. The summed E-state index contributed by atoms with van der Waals surface area (Å²) in [7, 11) is 0. The van der Waals surface area contributed by atoms with Gasteiger partial charge >= 0.3 is 5.97 Å². The van der Waals surface area contributed by atoms with E-state index in [1.54, 1.807) is 6.07 Å². The molecule has 0 aliphatic carbocycles.